The summed E-state index contributed by atoms with van der Waals surface area (Å²) in [5.41, 5.74) is 3.89. The Kier molecular flexibility index (Phi) is 4.65. The molecule has 1 N–H and O–H groups in total. The van der Waals surface area contributed by atoms with Gasteiger partial charge >= 0.3 is 0 Å². The first-order valence-electron chi connectivity index (χ1n) is 7.57. The number of para-hydroxylation sites is 1. The Labute approximate surface area is 138 Å². The number of halogens is 1. The molecule has 24 heavy (non-hydrogen) atoms. The molecule has 122 valence electrons. The van der Waals surface area contributed by atoms with Gasteiger partial charge in [0.1, 0.15) is 5.82 Å². The van der Waals surface area contributed by atoms with E-state index in [1.165, 1.54) is 18.3 Å². The smallest absolute Gasteiger partial charge is 0.245 e. The molecule has 0 saturated carbocycles. The Morgan fingerprint density at radius 1 is 1.17 bits per heavy atom. The lowest BCUT2D eigenvalue weighted by atomic mass is 10.1. The van der Waals surface area contributed by atoms with Crippen LogP contribution in [0.2, 0.25) is 0 Å². The Morgan fingerprint density at radius 3 is 2.58 bits per heavy atom. The van der Waals surface area contributed by atoms with Crippen LogP contribution < -0.4 is 10.3 Å². The number of hydrogen-bond donors (Lipinski definition) is 1. The van der Waals surface area contributed by atoms with E-state index in [1.54, 1.807) is 17.0 Å². The summed E-state index contributed by atoms with van der Waals surface area (Å²) in [5.74, 6) is -1.16. The first-order valence-corrected chi connectivity index (χ1v) is 7.57. The van der Waals surface area contributed by atoms with Crippen molar-refractivity contribution in [2.45, 2.75) is 6.42 Å². The van der Waals surface area contributed by atoms with Crippen LogP contribution in [-0.4, -0.2) is 24.6 Å². The van der Waals surface area contributed by atoms with Crippen LogP contribution in [0.25, 0.3) is 0 Å². The second kappa shape index (κ2) is 7.04. The second-order valence-electron chi connectivity index (χ2n) is 5.53. The Hall–Kier alpha value is -3.02. The lowest BCUT2D eigenvalue weighted by molar-refractivity contribution is -0.126. The molecule has 5 nitrogen and oxygen atoms in total. The molecule has 2 aromatic carbocycles. The van der Waals surface area contributed by atoms with Crippen molar-refractivity contribution in [3.05, 3.63) is 66.0 Å². The zero-order chi connectivity index (χ0) is 16.9. The van der Waals surface area contributed by atoms with Crippen molar-refractivity contribution in [3.63, 3.8) is 0 Å². The maximum Gasteiger partial charge on any atom is 0.245 e. The van der Waals surface area contributed by atoms with Crippen molar-refractivity contribution in [1.82, 2.24) is 5.43 Å². The highest BCUT2D eigenvalue weighted by molar-refractivity contribution is 6.00. The van der Waals surface area contributed by atoms with Gasteiger partial charge in [0.15, 0.2) is 0 Å². The number of carbonyl (C=O) groups excluding carboxylic acids is 2. The average molecular weight is 325 g/mol. The standard InChI is InChI=1S/C18H16FN3O2/c19-15-8-6-13(7-9-15)11-20-21-18(24)14-10-17(23)22(12-14)16-4-2-1-3-5-16/h1-9,11,14H,10,12H2,(H,21,24)/t14-/m0/s1. The van der Waals surface area contributed by atoms with Crippen LogP contribution in [0.1, 0.15) is 12.0 Å². The van der Waals surface area contributed by atoms with E-state index in [4.69, 9.17) is 0 Å². The molecule has 1 saturated heterocycles. The Bertz CT molecular complexity index is 760. The van der Waals surface area contributed by atoms with Crippen LogP contribution in [0.15, 0.2) is 59.7 Å². The number of hydrogen-bond acceptors (Lipinski definition) is 3. The number of hydrazone groups is 1. The van der Waals surface area contributed by atoms with Crippen molar-refractivity contribution in [1.29, 1.82) is 0 Å². The third kappa shape index (κ3) is 3.65. The van der Waals surface area contributed by atoms with Gasteiger partial charge in [-0.15, -0.1) is 0 Å². The number of nitrogens with zero attached hydrogens (tertiary/aromatic N) is 2. The second-order valence-corrected chi connectivity index (χ2v) is 5.53. The molecular formula is C18H16FN3O2. The van der Waals surface area contributed by atoms with E-state index < -0.39 is 5.92 Å². The predicted molar refractivity (Wildman–Crippen MR) is 89.0 cm³/mol. The number of benzene rings is 2. The van der Waals surface area contributed by atoms with Gasteiger partial charge in [-0.1, -0.05) is 30.3 Å². The quantitative estimate of drug-likeness (QED) is 0.693. The van der Waals surface area contributed by atoms with Gasteiger partial charge in [0.25, 0.3) is 0 Å². The molecule has 1 fully saturated rings. The van der Waals surface area contributed by atoms with Crippen molar-refractivity contribution in [3.8, 4) is 0 Å². The molecule has 3 rings (SSSR count). The molecule has 1 aliphatic heterocycles. The van der Waals surface area contributed by atoms with Crippen molar-refractivity contribution < 1.29 is 14.0 Å². The zero-order valence-electron chi connectivity index (χ0n) is 12.9. The monoisotopic (exact) mass is 325 g/mol. The highest BCUT2D eigenvalue weighted by Crippen LogP contribution is 2.24. The fraction of sp³-hybridized carbons (Fsp3) is 0.167. The van der Waals surface area contributed by atoms with E-state index >= 15 is 0 Å². The summed E-state index contributed by atoms with van der Waals surface area (Å²) in [6.45, 7) is 0.334. The number of amides is 2. The summed E-state index contributed by atoms with van der Waals surface area (Å²) in [7, 11) is 0. The van der Waals surface area contributed by atoms with Crippen LogP contribution >= 0.6 is 0 Å². The molecular weight excluding hydrogens is 309 g/mol. The highest BCUT2D eigenvalue weighted by Gasteiger charge is 2.34. The van der Waals surface area contributed by atoms with E-state index in [2.05, 4.69) is 10.5 Å². The molecule has 1 aliphatic rings. The molecule has 0 aromatic heterocycles. The highest BCUT2D eigenvalue weighted by atomic mass is 19.1. The Morgan fingerprint density at radius 2 is 1.88 bits per heavy atom. The molecule has 1 atom stereocenters. The van der Waals surface area contributed by atoms with Crippen LogP contribution in [0.3, 0.4) is 0 Å². The minimum absolute atomic E-state index is 0.0798. The van der Waals surface area contributed by atoms with Crippen molar-refractivity contribution in [2.24, 2.45) is 11.0 Å². The van der Waals surface area contributed by atoms with Crippen LogP contribution in [0.4, 0.5) is 10.1 Å². The first kappa shape index (κ1) is 15.9. The summed E-state index contributed by atoms with van der Waals surface area (Å²) in [6.07, 6.45) is 1.59. The minimum atomic E-state index is -0.442. The third-order valence-corrected chi connectivity index (χ3v) is 3.82. The number of carbonyl (C=O) groups is 2. The summed E-state index contributed by atoms with van der Waals surface area (Å²) in [5, 5.41) is 3.86. The predicted octanol–water partition coefficient (Wildman–Crippen LogP) is 2.33. The average Bonchev–Trinajstić information content (AvgIpc) is 2.99. The van der Waals surface area contributed by atoms with Gasteiger partial charge in [-0.3, -0.25) is 9.59 Å². The van der Waals surface area contributed by atoms with E-state index in [9.17, 15) is 14.0 Å². The lowest BCUT2D eigenvalue weighted by Gasteiger charge is -2.16. The van der Waals surface area contributed by atoms with Gasteiger partial charge < -0.3 is 4.90 Å². The van der Waals surface area contributed by atoms with E-state index in [0.717, 1.165) is 5.69 Å². The lowest BCUT2D eigenvalue weighted by Crippen LogP contribution is -2.30. The third-order valence-electron chi connectivity index (χ3n) is 3.82. The molecule has 1 heterocycles. The molecule has 6 heteroatoms. The minimum Gasteiger partial charge on any atom is -0.312 e. The van der Waals surface area contributed by atoms with Gasteiger partial charge in [0, 0.05) is 18.7 Å². The zero-order valence-corrected chi connectivity index (χ0v) is 12.9. The molecule has 0 radical (unpaired) electrons. The van der Waals surface area contributed by atoms with Gasteiger partial charge in [-0.2, -0.15) is 5.10 Å². The van der Waals surface area contributed by atoms with E-state index in [0.29, 0.717) is 12.1 Å². The van der Waals surface area contributed by atoms with Gasteiger partial charge in [-0.05, 0) is 29.8 Å². The van der Waals surface area contributed by atoms with Crippen LogP contribution in [0, 0.1) is 11.7 Å². The molecule has 0 spiro atoms. The van der Waals surface area contributed by atoms with Crippen molar-refractivity contribution >= 4 is 23.7 Å². The first-order chi connectivity index (χ1) is 11.6. The molecule has 0 aliphatic carbocycles. The maximum absolute atomic E-state index is 12.8. The number of rotatable bonds is 4. The van der Waals surface area contributed by atoms with Gasteiger partial charge in [-0.25, -0.2) is 9.82 Å². The topological polar surface area (TPSA) is 61.8 Å². The summed E-state index contributed by atoms with van der Waals surface area (Å²) < 4.78 is 12.8. The van der Waals surface area contributed by atoms with Crippen molar-refractivity contribution in [2.75, 3.05) is 11.4 Å². The van der Waals surface area contributed by atoms with Gasteiger partial charge in [0.2, 0.25) is 11.8 Å². The summed E-state index contributed by atoms with van der Waals surface area (Å²) in [4.78, 5) is 25.8. The number of anilines is 1. The fourth-order valence-corrected chi connectivity index (χ4v) is 2.55. The molecule has 0 bridgehead atoms. The number of nitrogens with one attached hydrogen (secondary N) is 1. The molecule has 2 amide bonds. The largest absolute Gasteiger partial charge is 0.312 e. The summed E-state index contributed by atoms with van der Waals surface area (Å²) in [6, 6.07) is 15.0. The normalized spacial score (nSPS) is 17.5. The molecule has 2 aromatic rings. The van der Waals surface area contributed by atoms with Gasteiger partial charge in [0.05, 0.1) is 12.1 Å². The van der Waals surface area contributed by atoms with Crippen LogP contribution in [0.5, 0.6) is 0 Å². The SMILES string of the molecule is O=C(NN=Cc1ccc(F)cc1)[C@H]1CC(=O)N(c2ccccc2)C1. The summed E-state index contributed by atoms with van der Waals surface area (Å²) >= 11 is 0. The van der Waals surface area contributed by atoms with Crippen LogP contribution in [-0.2, 0) is 9.59 Å². The Balaban J connectivity index is 1.58. The molecule has 0 unspecified atom stereocenters. The fourth-order valence-electron chi connectivity index (χ4n) is 2.55. The maximum atomic E-state index is 12.8. The van der Waals surface area contributed by atoms with E-state index in [-0.39, 0.29) is 24.1 Å². The van der Waals surface area contributed by atoms with E-state index in [1.807, 2.05) is 30.3 Å².